The van der Waals surface area contributed by atoms with E-state index in [1.165, 1.54) is 0 Å². The van der Waals surface area contributed by atoms with Crippen LogP contribution in [0, 0.1) is 17.8 Å². The zero-order valence-electron chi connectivity index (χ0n) is 6.42. The van der Waals surface area contributed by atoms with Gasteiger partial charge in [0.05, 0.1) is 0 Å². The van der Waals surface area contributed by atoms with E-state index < -0.39 is 5.97 Å². The monoisotopic (exact) mass is 155 g/mol. The van der Waals surface area contributed by atoms with Gasteiger partial charge >= 0.3 is 5.97 Å². The highest BCUT2D eigenvalue weighted by atomic mass is 16.4. The summed E-state index contributed by atoms with van der Waals surface area (Å²) < 4.78 is 0. The molecule has 1 saturated heterocycles. The highest BCUT2D eigenvalue weighted by molar-refractivity contribution is 5.66. The minimum absolute atomic E-state index is 0.359. The molecule has 0 aromatic rings. The standard InChI is InChI=1S/C8H13NO2/c10-8(11)2-1-5-6-3-9-4-7(5)6/h5-7,9H,1-4H2,(H,10,11)/t5-,6+,7-. The number of carbonyl (C=O) groups is 1. The summed E-state index contributed by atoms with van der Waals surface area (Å²) in [5.41, 5.74) is 0. The predicted octanol–water partition coefficient (Wildman–Crippen LogP) is 0.317. The van der Waals surface area contributed by atoms with Gasteiger partial charge in [-0.05, 0) is 37.3 Å². The largest absolute Gasteiger partial charge is 0.481 e. The van der Waals surface area contributed by atoms with Crippen molar-refractivity contribution in [2.75, 3.05) is 13.1 Å². The van der Waals surface area contributed by atoms with Gasteiger partial charge in [0, 0.05) is 6.42 Å². The fourth-order valence-electron chi connectivity index (χ4n) is 2.26. The smallest absolute Gasteiger partial charge is 0.303 e. The van der Waals surface area contributed by atoms with Crippen LogP contribution in [0.25, 0.3) is 0 Å². The lowest BCUT2D eigenvalue weighted by atomic mass is 10.1. The Labute approximate surface area is 65.8 Å². The summed E-state index contributed by atoms with van der Waals surface area (Å²) in [5, 5.41) is 11.7. The maximum atomic E-state index is 10.2. The summed E-state index contributed by atoms with van der Waals surface area (Å²) in [4.78, 5) is 10.2. The number of piperidine rings is 1. The van der Waals surface area contributed by atoms with Crippen molar-refractivity contribution in [2.24, 2.45) is 17.8 Å². The molecule has 3 nitrogen and oxygen atoms in total. The minimum Gasteiger partial charge on any atom is -0.481 e. The molecule has 3 heteroatoms. The Morgan fingerprint density at radius 1 is 1.45 bits per heavy atom. The molecule has 3 atom stereocenters. The lowest BCUT2D eigenvalue weighted by Crippen LogP contribution is -2.15. The zero-order valence-corrected chi connectivity index (χ0v) is 6.42. The number of aliphatic carboxylic acids is 1. The molecule has 1 saturated carbocycles. The van der Waals surface area contributed by atoms with E-state index in [1.54, 1.807) is 0 Å². The van der Waals surface area contributed by atoms with E-state index in [0.717, 1.165) is 37.3 Å². The first-order chi connectivity index (χ1) is 5.29. The second-order valence-electron chi connectivity index (χ2n) is 3.58. The lowest BCUT2D eigenvalue weighted by molar-refractivity contribution is -0.137. The zero-order chi connectivity index (χ0) is 7.84. The molecule has 0 aromatic carbocycles. The average Bonchev–Trinajstić information content (AvgIpc) is 2.44. The summed E-state index contributed by atoms with van der Waals surface area (Å²) in [7, 11) is 0. The molecule has 0 bridgehead atoms. The molecule has 2 N–H and O–H groups in total. The van der Waals surface area contributed by atoms with Gasteiger partial charge in [0.15, 0.2) is 0 Å². The number of hydrogen-bond acceptors (Lipinski definition) is 2. The van der Waals surface area contributed by atoms with Crippen molar-refractivity contribution in [3.63, 3.8) is 0 Å². The van der Waals surface area contributed by atoms with E-state index >= 15 is 0 Å². The molecule has 0 unspecified atom stereocenters. The third-order valence-electron chi connectivity index (χ3n) is 2.96. The normalized spacial score (nSPS) is 40.2. The van der Waals surface area contributed by atoms with Crippen LogP contribution in [-0.2, 0) is 4.79 Å². The number of rotatable bonds is 3. The molecule has 2 fully saturated rings. The van der Waals surface area contributed by atoms with Crippen molar-refractivity contribution in [3.05, 3.63) is 0 Å². The van der Waals surface area contributed by atoms with E-state index in [0.29, 0.717) is 6.42 Å². The van der Waals surface area contributed by atoms with Gasteiger partial charge in [-0.2, -0.15) is 0 Å². The Bertz CT molecular complexity index is 171. The van der Waals surface area contributed by atoms with Gasteiger partial charge in [-0.25, -0.2) is 0 Å². The molecule has 0 amide bonds. The minimum atomic E-state index is -0.650. The average molecular weight is 155 g/mol. The third kappa shape index (κ3) is 1.25. The van der Waals surface area contributed by atoms with Crippen LogP contribution in [0.3, 0.4) is 0 Å². The Balaban J connectivity index is 1.71. The first kappa shape index (κ1) is 7.10. The fraction of sp³-hybridized carbons (Fsp3) is 0.875. The molecule has 1 aliphatic carbocycles. The molecule has 11 heavy (non-hydrogen) atoms. The molecule has 0 radical (unpaired) electrons. The summed E-state index contributed by atoms with van der Waals surface area (Å²) >= 11 is 0. The van der Waals surface area contributed by atoms with Gasteiger partial charge in [0.2, 0.25) is 0 Å². The van der Waals surface area contributed by atoms with Crippen LogP contribution in [0.1, 0.15) is 12.8 Å². The van der Waals surface area contributed by atoms with E-state index in [2.05, 4.69) is 5.32 Å². The summed E-state index contributed by atoms with van der Waals surface area (Å²) in [5.74, 6) is 1.71. The molecular weight excluding hydrogens is 142 g/mol. The van der Waals surface area contributed by atoms with Gasteiger partial charge in [-0.1, -0.05) is 0 Å². The van der Waals surface area contributed by atoms with E-state index in [-0.39, 0.29) is 0 Å². The molecule has 0 aromatic heterocycles. The van der Waals surface area contributed by atoms with Crippen molar-refractivity contribution in [3.8, 4) is 0 Å². The van der Waals surface area contributed by atoms with Gasteiger partial charge in [-0.3, -0.25) is 4.79 Å². The van der Waals surface area contributed by atoms with Crippen molar-refractivity contribution in [2.45, 2.75) is 12.8 Å². The Hall–Kier alpha value is -0.570. The number of fused-ring (bicyclic) bond motifs is 1. The van der Waals surface area contributed by atoms with E-state index in [9.17, 15) is 4.79 Å². The molecule has 0 spiro atoms. The van der Waals surface area contributed by atoms with Crippen LogP contribution < -0.4 is 5.32 Å². The Kier molecular flexibility index (Phi) is 1.60. The van der Waals surface area contributed by atoms with Crippen LogP contribution in [-0.4, -0.2) is 24.2 Å². The number of carboxylic acid groups (broad SMARTS) is 1. The van der Waals surface area contributed by atoms with Crippen molar-refractivity contribution in [1.82, 2.24) is 5.32 Å². The predicted molar refractivity (Wildman–Crippen MR) is 40.2 cm³/mol. The van der Waals surface area contributed by atoms with Crippen LogP contribution in [0.4, 0.5) is 0 Å². The maximum absolute atomic E-state index is 10.2. The quantitative estimate of drug-likeness (QED) is 0.617. The summed E-state index contributed by atoms with van der Waals surface area (Å²) in [6, 6.07) is 0. The number of hydrogen-bond donors (Lipinski definition) is 2. The van der Waals surface area contributed by atoms with Crippen LogP contribution in [0.2, 0.25) is 0 Å². The maximum Gasteiger partial charge on any atom is 0.303 e. The molecular formula is C8H13NO2. The Morgan fingerprint density at radius 3 is 2.64 bits per heavy atom. The first-order valence-corrected chi connectivity index (χ1v) is 4.21. The molecule has 2 aliphatic rings. The highest BCUT2D eigenvalue weighted by Crippen LogP contribution is 2.51. The van der Waals surface area contributed by atoms with Crippen molar-refractivity contribution >= 4 is 5.97 Å². The topological polar surface area (TPSA) is 49.3 Å². The number of carboxylic acids is 1. The van der Waals surface area contributed by atoms with Crippen molar-refractivity contribution < 1.29 is 9.90 Å². The second kappa shape index (κ2) is 2.48. The summed E-state index contributed by atoms with van der Waals surface area (Å²) in [6.45, 7) is 2.24. The molecule has 62 valence electrons. The van der Waals surface area contributed by atoms with Crippen molar-refractivity contribution in [1.29, 1.82) is 0 Å². The van der Waals surface area contributed by atoms with Crippen LogP contribution in [0.15, 0.2) is 0 Å². The molecule has 1 heterocycles. The first-order valence-electron chi connectivity index (χ1n) is 4.21. The third-order valence-corrected chi connectivity index (χ3v) is 2.96. The SMILES string of the molecule is O=C(O)CC[C@H]1[C@H]2CNC[C@@H]12. The van der Waals surface area contributed by atoms with Crippen LogP contribution in [0.5, 0.6) is 0 Å². The van der Waals surface area contributed by atoms with E-state index in [4.69, 9.17) is 5.11 Å². The lowest BCUT2D eigenvalue weighted by Gasteiger charge is -2.00. The summed E-state index contributed by atoms with van der Waals surface area (Å²) in [6.07, 6.45) is 1.25. The van der Waals surface area contributed by atoms with Gasteiger partial charge < -0.3 is 10.4 Å². The van der Waals surface area contributed by atoms with Crippen LogP contribution >= 0.6 is 0 Å². The molecule has 1 aliphatic heterocycles. The second-order valence-corrected chi connectivity index (χ2v) is 3.58. The van der Waals surface area contributed by atoms with Gasteiger partial charge in [0.1, 0.15) is 0 Å². The highest BCUT2D eigenvalue weighted by Gasteiger charge is 2.51. The Morgan fingerprint density at radius 2 is 2.09 bits per heavy atom. The number of nitrogens with one attached hydrogen (secondary N) is 1. The molecule has 2 rings (SSSR count). The van der Waals surface area contributed by atoms with Gasteiger partial charge in [0.25, 0.3) is 0 Å². The van der Waals surface area contributed by atoms with E-state index in [1.807, 2.05) is 0 Å². The van der Waals surface area contributed by atoms with Gasteiger partial charge in [-0.15, -0.1) is 0 Å². The fourth-order valence-corrected chi connectivity index (χ4v) is 2.26.